The normalized spacial score (nSPS) is 24.6. The fraction of sp³-hybridized carbons (Fsp3) is 0.222. The van der Waals surface area contributed by atoms with Crippen molar-refractivity contribution in [3.63, 3.8) is 0 Å². The third kappa shape index (κ3) is 1.88. The van der Waals surface area contributed by atoms with E-state index in [2.05, 4.69) is 0 Å². The monoisotopic (exact) mass is 279 g/mol. The van der Waals surface area contributed by atoms with Gasteiger partial charge in [-0.2, -0.15) is 0 Å². The van der Waals surface area contributed by atoms with Crippen LogP contribution in [0.4, 0.5) is 5.69 Å². The van der Waals surface area contributed by atoms with Crippen molar-refractivity contribution in [2.45, 2.75) is 25.3 Å². The quantitative estimate of drug-likeness (QED) is 0.809. The summed E-state index contributed by atoms with van der Waals surface area (Å²) < 4.78 is 0. The lowest BCUT2D eigenvalue weighted by atomic mass is 9.68. The van der Waals surface area contributed by atoms with Gasteiger partial charge in [0.05, 0.1) is 5.92 Å². The zero-order valence-electron chi connectivity index (χ0n) is 12.1. The number of rotatable bonds is 3. The van der Waals surface area contributed by atoms with Crippen LogP contribution in [0, 0.1) is 0 Å². The number of para-hydroxylation sites is 1. The van der Waals surface area contributed by atoms with Gasteiger partial charge in [0, 0.05) is 5.69 Å². The van der Waals surface area contributed by atoms with Gasteiger partial charge >= 0.3 is 0 Å². The van der Waals surface area contributed by atoms with Crippen molar-refractivity contribution in [3.8, 4) is 0 Å². The molecule has 0 spiro atoms. The van der Waals surface area contributed by atoms with E-state index >= 15 is 0 Å². The van der Waals surface area contributed by atoms with Crippen molar-refractivity contribution >= 4 is 17.4 Å². The molecule has 106 valence electrons. The molecule has 1 saturated heterocycles. The molecular formula is C18H17NO2. The lowest BCUT2D eigenvalue weighted by Crippen LogP contribution is -2.71. The molecule has 0 bridgehead atoms. The molecule has 1 aliphatic rings. The van der Waals surface area contributed by atoms with Gasteiger partial charge in [-0.1, -0.05) is 48.5 Å². The summed E-state index contributed by atoms with van der Waals surface area (Å²) in [6.45, 7) is 3.40. The maximum Gasteiger partial charge on any atom is 0.238 e. The third-order valence-corrected chi connectivity index (χ3v) is 4.35. The van der Waals surface area contributed by atoms with Crippen molar-refractivity contribution < 1.29 is 9.59 Å². The van der Waals surface area contributed by atoms with E-state index in [1.165, 1.54) is 0 Å². The first-order valence-corrected chi connectivity index (χ1v) is 7.02. The predicted molar refractivity (Wildman–Crippen MR) is 82.2 cm³/mol. The number of carbonyl (C=O) groups excluding carboxylic acids is 2. The molecule has 1 aliphatic heterocycles. The smallest absolute Gasteiger partial charge is 0.238 e. The molecule has 1 amide bonds. The summed E-state index contributed by atoms with van der Waals surface area (Å²) in [5.41, 5.74) is 0.847. The van der Waals surface area contributed by atoms with Gasteiger partial charge in [-0.15, -0.1) is 0 Å². The Balaban J connectivity index is 2.06. The first kappa shape index (κ1) is 13.6. The zero-order valence-corrected chi connectivity index (χ0v) is 12.1. The maximum atomic E-state index is 12.7. The summed E-state index contributed by atoms with van der Waals surface area (Å²) in [5.74, 6) is -0.429. The number of carbonyl (C=O) groups is 2. The lowest BCUT2D eigenvalue weighted by Gasteiger charge is -2.54. The standard InChI is InChI=1S/C18H17NO2/c1-13(20)18(2)16(14-9-5-3-6-10-14)17(21)19(18)15-11-7-4-8-12-15/h3-12,16H,1-2H3. The molecule has 0 radical (unpaired) electrons. The van der Waals surface area contributed by atoms with Crippen molar-refractivity contribution in [3.05, 3.63) is 66.2 Å². The average Bonchev–Trinajstić information content (AvgIpc) is 2.49. The predicted octanol–water partition coefficient (Wildman–Crippen LogP) is 3.16. The summed E-state index contributed by atoms with van der Waals surface area (Å²) in [6, 6.07) is 18.9. The van der Waals surface area contributed by atoms with Gasteiger partial charge in [0.2, 0.25) is 5.91 Å². The molecule has 0 saturated carbocycles. The summed E-state index contributed by atoms with van der Waals surface area (Å²) in [5, 5.41) is 0. The highest BCUT2D eigenvalue weighted by Gasteiger charge is 2.61. The summed E-state index contributed by atoms with van der Waals surface area (Å²) in [4.78, 5) is 26.5. The number of β-lactam (4-membered cyclic amide) rings is 1. The molecule has 3 rings (SSSR count). The minimum Gasteiger partial charge on any atom is -0.298 e. The van der Waals surface area contributed by atoms with E-state index in [-0.39, 0.29) is 11.7 Å². The largest absolute Gasteiger partial charge is 0.298 e. The van der Waals surface area contributed by atoms with E-state index in [9.17, 15) is 9.59 Å². The van der Waals surface area contributed by atoms with E-state index in [1.54, 1.807) is 11.8 Å². The molecule has 0 aromatic heterocycles. The highest BCUT2D eigenvalue weighted by Crippen LogP contribution is 2.47. The highest BCUT2D eigenvalue weighted by atomic mass is 16.2. The van der Waals surface area contributed by atoms with Gasteiger partial charge in [-0.3, -0.25) is 14.5 Å². The Bertz CT molecular complexity index is 629. The second-order valence-electron chi connectivity index (χ2n) is 5.56. The number of Topliss-reactive ketones (excluding diaryl/α,β-unsaturated/α-hetero) is 1. The van der Waals surface area contributed by atoms with Gasteiger partial charge < -0.3 is 0 Å². The zero-order chi connectivity index (χ0) is 15.0. The van der Waals surface area contributed by atoms with Crippen molar-refractivity contribution in [1.82, 2.24) is 0 Å². The Morgan fingerprint density at radius 2 is 1.52 bits per heavy atom. The fourth-order valence-electron chi connectivity index (χ4n) is 3.11. The van der Waals surface area contributed by atoms with Crippen LogP contribution in [0.3, 0.4) is 0 Å². The second kappa shape index (κ2) is 4.85. The molecule has 0 N–H and O–H groups in total. The number of ketones is 1. The van der Waals surface area contributed by atoms with Crippen molar-refractivity contribution in [2.24, 2.45) is 0 Å². The summed E-state index contributed by atoms with van der Waals surface area (Å²) in [7, 11) is 0. The fourth-order valence-corrected chi connectivity index (χ4v) is 3.11. The molecular weight excluding hydrogens is 262 g/mol. The number of nitrogens with zero attached hydrogens (tertiary/aromatic N) is 1. The topological polar surface area (TPSA) is 37.4 Å². The molecule has 2 atom stereocenters. The third-order valence-electron chi connectivity index (χ3n) is 4.35. The molecule has 21 heavy (non-hydrogen) atoms. The number of anilines is 1. The highest BCUT2D eigenvalue weighted by molar-refractivity contribution is 6.17. The summed E-state index contributed by atoms with van der Waals surface area (Å²) >= 11 is 0. The minimum absolute atomic E-state index is 0.000180. The van der Waals surface area contributed by atoms with Crippen LogP contribution in [0.2, 0.25) is 0 Å². The first-order valence-electron chi connectivity index (χ1n) is 7.02. The Morgan fingerprint density at radius 1 is 1.00 bits per heavy atom. The van der Waals surface area contributed by atoms with Crippen LogP contribution in [-0.2, 0) is 9.59 Å². The molecule has 1 heterocycles. The van der Waals surface area contributed by atoms with Crippen LogP contribution in [-0.4, -0.2) is 17.2 Å². The Hall–Kier alpha value is -2.42. The van der Waals surface area contributed by atoms with Crippen LogP contribution in [0.15, 0.2) is 60.7 Å². The molecule has 0 aliphatic carbocycles. The van der Waals surface area contributed by atoms with E-state index in [0.29, 0.717) is 0 Å². The van der Waals surface area contributed by atoms with E-state index in [4.69, 9.17) is 0 Å². The molecule has 2 unspecified atom stereocenters. The average molecular weight is 279 g/mol. The van der Waals surface area contributed by atoms with Gasteiger partial charge in [-0.25, -0.2) is 0 Å². The maximum absolute atomic E-state index is 12.7. The van der Waals surface area contributed by atoms with Crippen molar-refractivity contribution in [1.29, 1.82) is 0 Å². The van der Waals surface area contributed by atoms with Gasteiger partial charge in [0.1, 0.15) is 5.54 Å². The minimum atomic E-state index is -0.820. The number of hydrogen-bond donors (Lipinski definition) is 0. The van der Waals surface area contributed by atoms with E-state index in [1.807, 2.05) is 67.6 Å². The molecule has 3 heteroatoms. The Morgan fingerprint density at radius 3 is 2.05 bits per heavy atom. The molecule has 1 fully saturated rings. The Kier molecular flexibility index (Phi) is 3.13. The number of hydrogen-bond acceptors (Lipinski definition) is 2. The van der Waals surface area contributed by atoms with Crippen LogP contribution < -0.4 is 4.90 Å². The molecule has 2 aromatic rings. The van der Waals surface area contributed by atoms with Crippen LogP contribution in [0.1, 0.15) is 25.3 Å². The molecule has 3 nitrogen and oxygen atoms in total. The SMILES string of the molecule is CC(=O)C1(C)C(c2ccccc2)C(=O)N1c1ccccc1. The van der Waals surface area contributed by atoms with Gasteiger partial charge in [-0.05, 0) is 31.5 Å². The second-order valence-corrected chi connectivity index (χ2v) is 5.56. The van der Waals surface area contributed by atoms with Crippen molar-refractivity contribution in [2.75, 3.05) is 4.90 Å². The lowest BCUT2D eigenvalue weighted by molar-refractivity contribution is -0.139. The first-order chi connectivity index (χ1) is 10.1. The van der Waals surface area contributed by atoms with E-state index in [0.717, 1.165) is 11.3 Å². The van der Waals surface area contributed by atoms with Crippen LogP contribution in [0.25, 0.3) is 0 Å². The van der Waals surface area contributed by atoms with Gasteiger partial charge in [0.25, 0.3) is 0 Å². The van der Waals surface area contributed by atoms with Crippen LogP contribution in [0.5, 0.6) is 0 Å². The molecule has 2 aromatic carbocycles. The van der Waals surface area contributed by atoms with Gasteiger partial charge in [0.15, 0.2) is 5.78 Å². The van der Waals surface area contributed by atoms with Crippen LogP contribution >= 0.6 is 0 Å². The number of amides is 1. The summed E-state index contributed by atoms with van der Waals surface area (Å²) in [6.07, 6.45) is 0. The Labute approximate surface area is 124 Å². The number of benzene rings is 2. The van der Waals surface area contributed by atoms with E-state index < -0.39 is 11.5 Å².